The molecule has 0 fully saturated rings. The first-order chi connectivity index (χ1) is 11.2. The van der Waals surface area contributed by atoms with Gasteiger partial charge in [0.2, 0.25) is 0 Å². The van der Waals surface area contributed by atoms with Crippen LogP contribution in [0.5, 0.6) is 0 Å². The number of carbonyl (C=O) groups excluding carboxylic acids is 1. The van der Waals surface area contributed by atoms with Crippen LogP contribution in [-0.4, -0.2) is 22.2 Å². The Morgan fingerprint density at radius 3 is 2.83 bits per heavy atom. The molecule has 0 bridgehead atoms. The molecule has 3 aromatic rings. The molecule has 23 heavy (non-hydrogen) atoms. The highest BCUT2D eigenvalue weighted by molar-refractivity contribution is 5.93. The van der Waals surface area contributed by atoms with E-state index in [2.05, 4.69) is 10.4 Å². The summed E-state index contributed by atoms with van der Waals surface area (Å²) < 4.78 is 2.41. The topological polar surface area (TPSA) is 73.9 Å². The summed E-state index contributed by atoms with van der Waals surface area (Å²) in [6.45, 7) is 0.479. The van der Waals surface area contributed by atoms with Crippen LogP contribution in [0.1, 0.15) is 15.9 Å². The van der Waals surface area contributed by atoms with Gasteiger partial charge in [0, 0.05) is 18.8 Å². The molecule has 0 saturated heterocycles. The van der Waals surface area contributed by atoms with Gasteiger partial charge in [-0.1, -0.05) is 18.2 Å². The molecule has 0 radical (unpaired) electrons. The summed E-state index contributed by atoms with van der Waals surface area (Å²) in [7, 11) is 0. The average Bonchev–Trinajstić information content (AvgIpc) is 3.04. The van der Waals surface area contributed by atoms with E-state index in [1.807, 2.05) is 36.5 Å². The maximum Gasteiger partial charge on any atom is 0.257 e. The minimum absolute atomic E-state index is 0.259. The lowest BCUT2D eigenvalue weighted by Gasteiger charge is -2.04. The molecule has 1 aromatic carbocycles. The minimum atomic E-state index is -0.259. The number of hydrogen-bond acceptors (Lipinski definition) is 3. The van der Waals surface area contributed by atoms with Crippen molar-refractivity contribution in [1.82, 2.24) is 15.1 Å². The molecule has 6 heteroatoms. The van der Waals surface area contributed by atoms with Gasteiger partial charge in [0.05, 0.1) is 11.9 Å². The Hall–Kier alpha value is -3.15. The third kappa shape index (κ3) is 3.74. The van der Waals surface area contributed by atoms with Crippen molar-refractivity contribution in [3.63, 3.8) is 0 Å². The second kappa shape index (κ2) is 6.74. The van der Waals surface area contributed by atoms with E-state index in [0.717, 1.165) is 11.3 Å². The van der Waals surface area contributed by atoms with Crippen LogP contribution in [0.2, 0.25) is 0 Å². The number of carbonyl (C=O) groups is 1. The molecule has 1 N–H and O–H groups in total. The molecule has 0 unspecified atom stereocenters. The Morgan fingerprint density at radius 2 is 2.04 bits per heavy atom. The Balaban J connectivity index is 1.55. The van der Waals surface area contributed by atoms with Crippen molar-refractivity contribution in [3.8, 4) is 5.69 Å². The molecule has 1 amide bonds. The van der Waals surface area contributed by atoms with E-state index in [9.17, 15) is 10.0 Å². The van der Waals surface area contributed by atoms with Crippen LogP contribution in [0, 0.1) is 5.21 Å². The van der Waals surface area contributed by atoms with Crippen molar-refractivity contribution in [2.24, 2.45) is 0 Å². The Kier molecular flexibility index (Phi) is 4.33. The molecule has 6 nitrogen and oxygen atoms in total. The van der Waals surface area contributed by atoms with E-state index >= 15 is 0 Å². The predicted octanol–water partition coefficient (Wildman–Crippen LogP) is 1.48. The molecule has 0 aliphatic carbocycles. The summed E-state index contributed by atoms with van der Waals surface area (Å²) in [5.41, 5.74) is 2.37. The molecule has 2 heterocycles. The van der Waals surface area contributed by atoms with E-state index in [1.165, 1.54) is 12.4 Å². The fourth-order valence-corrected chi connectivity index (χ4v) is 2.22. The predicted molar refractivity (Wildman–Crippen MR) is 85.0 cm³/mol. The first-order valence-electron chi connectivity index (χ1n) is 7.28. The van der Waals surface area contributed by atoms with Crippen molar-refractivity contribution >= 4 is 5.91 Å². The summed E-state index contributed by atoms with van der Waals surface area (Å²) in [5.74, 6) is -0.259. The quantitative estimate of drug-likeness (QED) is 0.573. The first-order valence-corrected chi connectivity index (χ1v) is 7.28. The van der Waals surface area contributed by atoms with Crippen LogP contribution in [0.25, 0.3) is 5.69 Å². The number of nitrogens with zero attached hydrogens (tertiary/aromatic N) is 3. The molecule has 0 spiro atoms. The lowest BCUT2D eigenvalue weighted by Crippen LogP contribution is -2.30. The summed E-state index contributed by atoms with van der Waals surface area (Å²) in [6, 6.07) is 13.0. The standard InChI is InChI=1S/C17H16N4O2/c22-17(15-5-4-10-20(23)13-15)18-9-8-14-11-19-21(12-14)16-6-2-1-3-7-16/h1-7,10-13H,8-9H2,(H,18,22). The number of nitrogens with one attached hydrogen (secondary N) is 1. The molecule has 0 atom stereocenters. The average molecular weight is 308 g/mol. The van der Waals surface area contributed by atoms with Gasteiger partial charge in [-0.3, -0.25) is 4.79 Å². The van der Waals surface area contributed by atoms with Gasteiger partial charge in [0.15, 0.2) is 12.4 Å². The molecule has 2 aromatic heterocycles. The normalized spacial score (nSPS) is 10.4. The Morgan fingerprint density at radius 1 is 1.22 bits per heavy atom. The van der Waals surface area contributed by atoms with Crippen LogP contribution in [0.15, 0.2) is 67.3 Å². The van der Waals surface area contributed by atoms with E-state index in [-0.39, 0.29) is 5.91 Å². The van der Waals surface area contributed by atoms with Gasteiger partial charge in [-0.05, 0) is 30.2 Å². The Bertz CT molecular complexity index is 799. The van der Waals surface area contributed by atoms with Crippen LogP contribution in [-0.2, 0) is 6.42 Å². The summed E-state index contributed by atoms with van der Waals surface area (Å²) in [4.78, 5) is 11.9. The molecule has 0 saturated carbocycles. The number of para-hydroxylation sites is 1. The molecular weight excluding hydrogens is 292 g/mol. The van der Waals surface area contributed by atoms with Crippen LogP contribution in [0.4, 0.5) is 0 Å². The first kappa shape index (κ1) is 14.8. The number of amides is 1. The molecule has 116 valence electrons. The fraction of sp³-hybridized carbons (Fsp3) is 0.118. The van der Waals surface area contributed by atoms with Gasteiger partial charge in [0.25, 0.3) is 5.91 Å². The summed E-state index contributed by atoms with van der Waals surface area (Å²) in [5, 5.41) is 18.3. The zero-order valence-corrected chi connectivity index (χ0v) is 12.4. The minimum Gasteiger partial charge on any atom is -0.619 e. The lowest BCUT2D eigenvalue weighted by molar-refractivity contribution is -0.605. The highest BCUT2D eigenvalue weighted by atomic mass is 16.5. The fourth-order valence-electron chi connectivity index (χ4n) is 2.22. The summed E-state index contributed by atoms with van der Waals surface area (Å²) in [6.07, 6.45) is 6.99. The second-order valence-electron chi connectivity index (χ2n) is 5.09. The van der Waals surface area contributed by atoms with Gasteiger partial charge in [-0.2, -0.15) is 9.83 Å². The monoisotopic (exact) mass is 308 g/mol. The van der Waals surface area contributed by atoms with Gasteiger partial charge >= 0.3 is 0 Å². The molecular formula is C17H16N4O2. The van der Waals surface area contributed by atoms with Crippen molar-refractivity contribution < 1.29 is 9.52 Å². The van der Waals surface area contributed by atoms with Crippen molar-refractivity contribution in [2.75, 3.05) is 6.54 Å². The lowest BCUT2D eigenvalue weighted by atomic mass is 10.2. The van der Waals surface area contributed by atoms with Crippen molar-refractivity contribution in [3.05, 3.63) is 83.6 Å². The van der Waals surface area contributed by atoms with Crippen molar-refractivity contribution in [2.45, 2.75) is 6.42 Å². The third-order valence-electron chi connectivity index (χ3n) is 3.39. The number of rotatable bonds is 5. The van der Waals surface area contributed by atoms with Gasteiger partial charge < -0.3 is 10.5 Å². The maximum atomic E-state index is 11.9. The highest BCUT2D eigenvalue weighted by Crippen LogP contribution is 2.07. The van der Waals surface area contributed by atoms with E-state index < -0.39 is 0 Å². The zero-order chi connectivity index (χ0) is 16.1. The SMILES string of the molecule is O=C(NCCc1cnn(-c2ccccc2)c1)c1ccc[n+]([O-])c1. The largest absolute Gasteiger partial charge is 0.619 e. The number of aromatic nitrogens is 3. The Labute approximate surface area is 133 Å². The van der Waals surface area contributed by atoms with E-state index in [1.54, 1.807) is 23.0 Å². The van der Waals surface area contributed by atoms with Gasteiger partial charge in [-0.25, -0.2) is 4.68 Å². The molecule has 0 aliphatic rings. The number of pyridine rings is 1. The van der Waals surface area contributed by atoms with Crippen LogP contribution < -0.4 is 10.0 Å². The van der Waals surface area contributed by atoms with Crippen LogP contribution in [0.3, 0.4) is 0 Å². The second-order valence-corrected chi connectivity index (χ2v) is 5.09. The third-order valence-corrected chi connectivity index (χ3v) is 3.39. The summed E-state index contributed by atoms with van der Waals surface area (Å²) >= 11 is 0. The smallest absolute Gasteiger partial charge is 0.257 e. The van der Waals surface area contributed by atoms with Gasteiger partial charge in [-0.15, -0.1) is 0 Å². The maximum absolute atomic E-state index is 11.9. The van der Waals surface area contributed by atoms with Crippen LogP contribution >= 0.6 is 0 Å². The van der Waals surface area contributed by atoms with Gasteiger partial charge in [0.1, 0.15) is 5.56 Å². The van der Waals surface area contributed by atoms with E-state index in [4.69, 9.17) is 0 Å². The zero-order valence-electron chi connectivity index (χ0n) is 12.4. The van der Waals surface area contributed by atoms with Crippen molar-refractivity contribution in [1.29, 1.82) is 0 Å². The number of hydrogen-bond donors (Lipinski definition) is 1. The highest BCUT2D eigenvalue weighted by Gasteiger charge is 2.08. The number of benzene rings is 1. The van der Waals surface area contributed by atoms with E-state index in [0.29, 0.717) is 23.3 Å². The molecule has 0 aliphatic heterocycles. The molecule has 3 rings (SSSR count).